The number of ether oxygens (including phenoxy) is 1. The molecule has 0 aliphatic heterocycles. The number of nitrogens with one attached hydrogen (secondary N) is 1. The van der Waals surface area contributed by atoms with Gasteiger partial charge in [-0.1, -0.05) is 25.3 Å². The lowest BCUT2D eigenvalue weighted by molar-refractivity contribution is -0.127. The van der Waals surface area contributed by atoms with Crippen LogP contribution in [0.25, 0.3) is 0 Å². The van der Waals surface area contributed by atoms with Gasteiger partial charge in [-0.2, -0.15) is 11.8 Å². The number of aryl methyl sites for hydroxylation is 2. The fourth-order valence-corrected chi connectivity index (χ4v) is 4.04. The van der Waals surface area contributed by atoms with Gasteiger partial charge in [0.1, 0.15) is 5.75 Å². The third kappa shape index (κ3) is 6.09. The predicted molar refractivity (Wildman–Crippen MR) is 98.3 cm³/mol. The zero-order chi connectivity index (χ0) is 16.7. The van der Waals surface area contributed by atoms with E-state index in [1.807, 2.05) is 30.0 Å². The molecule has 4 heteroatoms. The first-order valence-corrected chi connectivity index (χ1v) is 9.74. The second-order valence-corrected chi connectivity index (χ2v) is 7.84. The Hall–Kier alpha value is -1.16. The minimum atomic E-state index is -0.461. The molecule has 1 amide bonds. The Bertz CT molecular complexity index is 512. The van der Waals surface area contributed by atoms with Crippen LogP contribution in [-0.2, 0) is 4.79 Å². The standard InChI is InChI=1S/C19H29NO2S/c1-14-9-10-17(13-15(14)2)22-16(3)19(21)20-11-12-23-18-7-5-4-6-8-18/h9-10,13,16,18H,4-8,11-12H2,1-3H3,(H,20,21)/t16-/m1/s1. The average molecular weight is 336 g/mol. The maximum Gasteiger partial charge on any atom is 0.260 e. The van der Waals surface area contributed by atoms with E-state index in [2.05, 4.69) is 19.2 Å². The van der Waals surface area contributed by atoms with E-state index in [0.29, 0.717) is 0 Å². The lowest BCUT2D eigenvalue weighted by Gasteiger charge is -2.21. The van der Waals surface area contributed by atoms with Gasteiger partial charge in [0.2, 0.25) is 0 Å². The number of carbonyl (C=O) groups is 1. The Kier molecular flexibility index (Phi) is 7.28. The number of amides is 1. The van der Waals surface area contributed by atoms with E-state index in [4.69, 9.17) is 4.74 Å². The smallest absolute Gasteiger partial charge is 0.260 e. The molecule has 0 spiro atoms. The van der Waals surface area contributed by atoms with Crippen LogP contribution in [0.2, 0.25) is 0 Å². The number of thioether (sulfide) groups is 1. The van der Waals surface area contributed by atoms with Gasteiger partial charge in [-0.15, -0.1) is 0 Å². The Morgan fingerprint density at radius 3 is 2.70 bits per heavy atom. The summed E-state index contributed by atoms with van der Waals surface area (Å²) in [5.74, 6) is 1.71. The van der Waals surface area contributed by atoms with E-state index in [0.717, 1.165) is 23.3 Å². The van der Waals surface area contributed by atoms with Gasteiger partial charge in [-0.3, -0.25) is 4.79 Å². The molecule has 23 heavy (non-hydrogen) atoms. The van der Waals surface area contributed by atoms with Gasteiger partial charge in [-0.05, 0) is 56.9 Å². The highest BCUT2D eigenvalue weighted by Gasteiger charge is 2.16. The third-order valence-corrected chi connectivity index (χ3v) is 5.85. The van der Waals surface area contributed by atoms with Crippen LogP contribution in [-0.4, -0.2) is 29.6 Å². The lowest BCUT2D eigenvalue weighted by atomic mass is 10.0. The average Bonchev–Trinajstić information content (AvgIpc) is 2.55. The zero-order valence-electron chi connectivity index (χ0n) is 14.6. The second kappa shape index (κ2) is 9.21. The Morgan fingerprint density at radius 2 is 2.00 bits per heavy atom. The maximum atomic E-state index is 12.1. The second-order valence-electron chi connectivity index (χ2n) is 6.43. The molecular weight excluding hydrogens is 306 g/mol. The van der Waals surface area contributed by atoms with Gasteiger partial charge >= 0.3 is 0 Å². The summed E-state index contributed by atoms with van der Waals surface area (Å²) in [6.45, 7) is 6.65. The van der Waals surface area contributed by atoms with Crippen LogP contribution in [0.1, 0.15) is 50.2 Å². The van der Waals surface area contributed by atoms with Crippen LogP contribution in [0, 0.1) is 13.8 Å². The van der Waals surface area contributed by atoms with Crippen LogP contribution in [0.5, 0.6) is 5.75 Å². The van der Waals surface area contributed by atoms with Gasteiger partial charge in [-0.25, -0.2) is 0 Å². The van der Waals surface area contributed by atoms with Crippen LogP contribution in [0.15, 0.2) is 18.2 Å². The van der Waals surface area contributed by atoms with Crippen molar-refractivity contribution in [3.8, 4) is 5.75 Å². The minimum Gasteiger partial charge on any atom is -0.481 e. The number of benzene rings is 1. The van der Waals surface area contributed by atoms with Gasteiger partial charge in [0.15, 0.2) is 6.10 Å². The van der Waals surface area contributed by atoms with E-state index >= 15 is 0 Å². The Balaban J connectivity index is 1.66. The van der Waals surface area contributed by atoms with Crippen molar-refractivity contribution in [2.45, 2.75) is 64.2 Å². The largest absolute Gasteiger partial charge is 0.481 e. The highest BCUT2D eigenvalue weighted by atomic mass is 32.2. The van der Waals surface area contributed by atoms with Crippen molar-refractivity contribution in [1.82, 2.24) is 5.32 Å². The van der Waals surface area contributed by atoms with Crippen molar-refractivity contribution in [3.05, 3.63) is 29.3 Å². The molecule has 1 aliphatic rings. The number of carbonyl (C=O) groups excluding carboxylic acids is 1. The summed E-state index contributed by atoms with van der Waals surface area (Å²) in [6.07, 6.45) is 6.34. The molecular formula is C19H29NO2S. The van der Waals surface area contributed by atoms with Crippen LogP contribution >= 0.6 is 11.8 Å². The first-order valence-electron chi connectivity index (χ1n) is 8.69. The van der Waals surface area contributed by atoms with Crippen molar-refractivity contribution in [1.29, 1.82) is 0 Å². The molecule has 1 N–H and O–H groups in total. The molecule has 0 radical (unpaired) electrons. The van der Waals surface area contributed by atoms with Gasteiger partial charge in [0.25, 0.3) is 5.91 Å². The molecule has 0 saturated heterocycles. The molecule has 1 saturated carbocycles. The molecule has 1 aromatic rings. The van der Waals surface area contributed by atoms with E-state index in [-0.39, 0.29) is 5.91 Å². The fraction of sp³-hybridized carbons (Fsp3) is 0.632. The molecule has 0 bridgehead atoms. The fourth-order valence-electron chi connectivity index (χ4n) is 2.82. The summed E-state index contributed by atoms with van der Waals surface area (Å²) in [6, 6.07) is 5.93. The van der Waals surface area contributed by atoms with E-state index in [1.54, 1.807) is 6.92 Å². The first kappa shape index (κ1) is 18.2. The van der Waals surface area contributed by atoms with Crippen molar-refractivity contribution in [2.75, 3.05) is 12.3 Å². The summed E-state index contributed by atoms with van der Waals surface area (Å²) in [4.78, 5) is 12.1. The predicted octanol–water partition coefficient (Wildman–Crippen LogP) is 4.25. The maximum absolute atomic E-state index is 12.1. The number of rotatable bonds is 7. The molecule has 128 valence electrons. The summed E-state index contributed by atoms with van der Waals surface area (Å²) in [5.41, 5.74) is 2.41. The monoisotopic (exact) mass is 335 g/mol. The summed E-state index contributed by atoms with van der Waals surface area (Å²) < 4.78 is 5.74. The van der Waals surface area contributed by atoms with Crippen LogP contribution < -0.4 is 10.1 Å². The Labute approximate surface area is 144 Å². The highest BCUT2D eigenvalue weighted by molar-refractivity contribution is 7.99. The summed E-state index contributed by atoms with van der Waals surface area (Å²) in [7, 11) is 0. The lowest BCUT2D eigenvalue weighted by Crippen LogP contribution is -2.37. The number of hydrogen-bond acceptors (Lipinski definition) is 3. The van der Waals surface area contributed by atoms with Crippen molar-refractivity contribution >= 4 is 17.7 Å². The SMILES string of the molecule is Cc1ccc(O[C@H](C)C(=O)NCCSC2CCCCC2)cc1C. The van der Waals surface area contributed by atoms with Gasteiger partial charge in [0, 0.05) is 17.5 Å². The summed E-state index contributed by atoms with van der Waals surface area (Å²) >= 11 is 2.00. The van der Waals surface area contributed by atoms with E-state index in [1.165, 1.54) is 43.2 Å². The van der Waals surface area contributed by atoms with E-state index < -0.39 is 6.10 Å². The molecule has 2 rings (SSSR count). The minimum absolute atomic E-state index is 0.0347. The molecule has 0 aromatic heterocycles. The first-order chi connectivity index (χ1) is 11.1. The Morgan fingerprint density at radius 1 is 1.26 bits per heavy atom. The number of hydrogen-bond donors (Lipinski definition) is 1. The normalized spacial score (nSPS) is 16.8. The highest BCUT2D eigenvalue weighted by Crippen LogP contribution is 2.27. The van der Waals surface area contributed by atoms with Crippen LogP contribution in [0.4, 0.5) is 0 Å². The molecule has 0 heterocycles. The van der Waals surface area contributed by atoms with Crippen molar-refractivity contribution < 1.29 is 9.53 Å². The van der Waals surface area contributed by atoms with Crippen molar-refractivity contribution in [2.24, 2.45) is 0 Å². The molecule has 1 atom stereocenters. The van der Waals surface area contributed by atoms with Gasteiger partial charge in [0.05, 0.1) is 0 Å². The molecule has 3 nitrogen and oxygen atoms in total. The topological polar surface area (TPSA) is 38.3 Å². The van der Waals surface area contributed by atoms with Crippen molar-refractivity contribution in [3.63, 3.8) is 0 Å². The zero-order valence-corrected chi connectivity index (χ0v) is 15.4. The third-order valence-electron chi connectivity index (χ3n) is 4.47. The molecule has 1 fully saturated rings. The molecule has 0 unspecified atom stereocenters. The quantitative estimate of drug-likeness (QED) is 0.757. The van der Waals surface area contributed by atoms with E-state index in [9.17, 15) is 4.79 Å². The van der Waals surface area contributed by atoms with Gasteiger partial charge < -0.3 is 10.1 Å². The molecule has 1 aromatic carbocycles. The molecule has 1 aliphatic carbocycles. The summed E-state index contributed by atoms with van der Waals surface area (Å²) in [5, 5.41) is 3.78. The van der Waals surface area contributed by atoms with Crippen LogP contribution in [0.3, 0.4) is 0 Å².